The number of hydrogen-bond acceptors (Lipinski definition) is 3. The minimum atomic E-state index is -0.791. The molecule has 0 aliphatic carbocycles. The number of halogens is 1. The van der Waals surface area contributed by atoms with Crippen molar-refractivity contribution >= 4 is 12.0 Å². The van der Waals surface area contributed by atoms with E-state index in [0.29, 0.717) is 30.6 Å². The number of nitrogens with two attached hydrogens (primary N) is 1. The van der Waals surface area contributed by atoms with Gasteiger partial charge in [0.1, 0.15) is 11.4 Å². The Balaban J connectivity index is 1.85. The molecule has 0 radical (unpaired) electrons. The van der Waals surface area contributed by atoms with E-state index < -0.39 is 17.3 Å². The third-order valence-corrected chi connectivity index (χ3v) is 4.45. The fourth-order valence-electron chi connectivity index (χ4n) is 3.15. The maximum absolute atomic E-state index is 14.6. The average Bonchev–Trinajstić information content (AvgIpc) is 2.59. The van der Waals surface area contributed by atoms with Gasteiger partial charge in [-0.05, 0) is 49.9 Å². The average molecular weight is 370 g/mol. The standard InChI is InChI=1S/C21H23FN2O3/c1-21(2,3)27-20(26)24-10-9-13-11-14(7-8-15(13)12-24)16-5-4-6-17(18(16)22)19(23)25/h4-8,11H,9-10,12H2,1-3H3,(H2,23,25). The Morgan fingerprint density at radius 2 is 1.89 bits per heavy atom. The summed E-state index contributed by atoms with van der Waals surface area (Å²) in [5.41, 5.74) is 7.64. The summed E-state index contributed by atoms with van der Waals surface area (Å²) in [5, 5.41) is 0. The molecule has 0 atom stereocenters. The van der Waals surface area contributed by atoms with Gasteiger partial charge in [-0.2, -0.15) is 0 Å². The van der Waals surface area contributed by atoms with Crippen molar-refractivity contribution in [3.8, 4) is 11.1 Å². The van der Waals surface area contributed by atoms with Crippen LogP contribution in [0.15, 0.2) is 36.4 Å². The molecule has 6 heteroatoms. The first-order valence-electron chi connectivity index (χ1n) is 8.84. The Labute approximate surface area is 157 Å². The SMILES string of the molecule is CC(C)(C)OC(=O)N1CCc2cc(-c3cccc(C(N)=O)c3F)ccc2C1. The van der Waals surface area contributed by atoms with Crippen molar-refractivity contribution in [2.24, 2.45) is 5.73 Å². The number of rotatable bonds is 2. The zero-order chi connectivity index (χ0) is 19.8. The van der Waals surface area contributed by atoms with Gasteiger partial charge in [-0.3, -0.25) is 4.79 Å². The fraction of sp³-hybridized carbons (Fsp3) is 0.333. The molecule has 1 aliphatic rings. The molecule has 0 bridgehead atoms. The summed E-state index contributed by atoms with van der Waals surface area (Å²) in [7, 11) is 0. The van der Waals surface area contributed by atoms with Crippen molar-refractivity contribution in [2.75, 3.05) is 6.54 Å². The van der Waals surface area contributed by atoms with Gasteiger partial charge in [0.2, 0.25) is 0 Å². The maximum Gasteiger partial charge on any atom is 0.410 e. The summed E-state index contributed by atoms with van der Waals surface area (Å²) >= 11 is 0. The molecule has 0 unspecified atom stereocenters. The number of fused-ring (bicyclic) bond motifs is 1. The number of carbonyl (C=O) groups excluding carboxylic acids is 2. The van der Waals surface area contributed by atoms with E-state index in [4.69, 9.17) is 10.5 Å². The van der Waals surface area contributed by atoms with Crippen LogP contribution in [0.4, 0.5) is 9.18 Å². The number of ether oxygens (including phenoxy) is 1. The molecule has 1 aliphatic heterocycles. The molecule has 0 saturated carbocycles. The highest BCUT2D eigenvalue weighted by molar-refractivity contribution is 5.94. The predicted molar refractivity (Wildman–Crippen MR) is 101 cm³/mol. The van der Waals surface area contributed by atoms with Crippen LogP contribution >= 0.6 is 0 Å². The summed E-state index contributed by atoms with van der Waals surface area (Å²) in [5.74, 6) is -1.41. The third-order valence-electron chi connectivity index (χ3n) is 4.45. The number of amides is 2. The first kappa shape index (κ1) is 18.9. The molecule has 2 N–H and O–H groups in total. The van der Waals surface area contributed by atoms with E-state index in [9.17, 15) is 14.0 Å². The number of nitrogens with zero attached hydrogens (tertiary/aromatic N) is 1. The highest BCUT2D eigenvalue weighted by Crippen LogP contribution is 2.29. The van der Waals surface area contributed by atoms with Gasteiger partial charge in [0.05, 0.1) is 5.56 Å². The van der Waals surface area contributed by atoms with Crippen molar-refractivity contribution in [3.63, 3.8) is 0 Å². The summed E-state index contributed by atoms with van der Waals surface area (Å²) in [4.78, 5) is 25.3. The second kappa shape index (κ2) is 7.02. The van der Waals surface area contributed by atoms with Crippen LogP contribution in [0.5, 0.6) is 0 Å². The van der Waals surface area contributed by atoms with E-state index in [-0.39, 0.29) is 11.7 Å². The molecular formula is C21H23FN2O3. The zero-order valence-corrected chi connectivity index (χ0v) is 15.7. The summed E-state index contributed by atoms with van der Waals surface area (Å²) < 4.78 is 20.0. The third kappa shape index (κ3) is 4.10. The van der Waals surface area contributed by atoms with Crippen LogP contribution in [0.1, 0.15) is 42.3 Å². The molecule has 142 valence electrons. The Bertz CT molecular complexity index is 903. The molecule has 0 fully saturated rings. The molecule has 0 spiro atoms. The Morgan fingerprint density at radius 1 is 1.15 bits per heavy atom. The topological polar surface area (TPSA) is 72.6 Å². The normalized spacial score (nSPS) is 13.9. The number of hydrogen-bond donors (Lipinski definition) is 1. The number of primary amides is 1. The summed E-state index contributed by atoms with van der Waals surface area (Å²) in [6, 6.07) is 10.2. The van der Waals surface area contributed by atoms with Gasteiger partial charge < -0.3 is 15.4 Å². The van der Waals surface area contributed by atoms with Crippen molar-refractivity contribution in [1.82, 2.24) is 4.90 Å². The maximum atomic E-state index is 14.6. The van der Waals surface area contributed by atoms with Gasteiger partial charge in [0.25, 0.3) is 5.91 Å². The van der Waals surface area contributed by atoms with Crippen LogP contribution in [0, 0.1) is 5.82 Å². The van der Waals surface area contributed by atoms with Gasteiger partial charge >= 0.3 is 6.09 Å². The summed E-state index contributed by atoms with van der Waals surface area (Å²) in [6.45, 7) is 6.50. The molecule has 2 amide bonds. The van der Waals surface area contributed by atoms with Gasteiger partial charge in [0.15, 0.2) is 0 Å². The van der Waals surface area contributed by atoms with Gasteiger partial charge in [-0.15, -0.1) is 0 Å². The van der Waals surface area contributed by atoms with Gasteiger partial charge in [0, 0.05) is 18.7 Å². The van der Waals surface area contributed by atoms with E-state index in [2.05, 4.69) is 0 Å². The Hall–Kier alpha value is -2.89. The van der Waals surface area contributed by atoms with Crippen LogP contribution < -0.4 is 5.73 Å². The zero-order valence-electron chi connectivity index (χ0n) is 15.7. The molecule has 3 rings (SSSR count). The smallest absolute Gasteiger partial charge is 0.410 e. The molecule has 0 saturated heterocycles. The molecular weight excluding hydrogens is 347 g/mol. The highest BCUT2D eigenvalue weighted by atomic mass is 19.1. The quantitative estimate of drug-likeness (QED) is 0.872. The molecule has 2 aromatic rings. The van der Waals surface area contributed by atoms with E-state index in [1.807, 2.05) is 32.9 Å². The second-order valence-electron chi connectivity index (χ2n) is 7.67. The lowest BCUT2D eigenvalue weighted by Crippen LogP contribution is -2.39. The van der Waals surface area contributed by atoms with Crippen LogP contribution in [0.2, 0.25) is 0 Å². The van der Waals surface area contributed by atoms with Crippen LogP contribution in [0.3, 0.4) is 0 Å². The van der Waals surface area contributed by atoms with Crippen molar-refractivity contribution in [3.05, 3.63) is 58.9 Å². The highest BCUT2D eigenvalue weighted by Gasteiger charge is 2.26. The van der Waals surface area contributed by atoms with E-state index in [1.165, 1.54) is 6.07 Å². The molecule has 0 aromatic heterocycles. The number of carbonyl (C=O) groups is 2. The van der Waals surface area contributed by atoms with E-state index >= 15 is 0 Å². The first-order chi connectivity index (χ1) is 12.7. The van der Waals surface area contributed by atoms with Crippen LogP contribution in [-0.4, -0.2) is 29.0 Å². The van der Waals surface area contributed by atoms with Crippen LogP contribution in [0.25, 0.3) is 11.1 Å². The predicted octanol–water partition coefficient (Wildman–Crippen LogP) is 3.88. The van der Waals surface area contributed by atoms with E-state index in [1.54, 1.807) is 23.1 Å². The largest absolute Gasteiger partial charge is 0.444 e. The lowest BCUT2D eigenvalue weighted by atomic mass is 9.93. The Morgan fingerprint density at radius 3 is 2.56 bits per heavy atom. The van der Waals surface area contributed by atoms with E-state index in [0.717, 1.165) is 11.1 Å². The Kier molecular flexibility index (Phi) is 4.91. The second-order valence-corrected chi connectivity index (χ2v) is 7.67. The minimum absolute atomic E-state index is 0.124. The minimum Gasteiger partial charge on any atom is -0.444 e. The number of benzene rings is 2. The van der Waals surface area contributed by atoms with Gasteiger partial charge in [-0.25, -0.2) is 9.18 Å². The molecule has 2 aromatic carbocycles. The molecule has 5 nitrogen and oxygen atoms in total. The van der Waals surface area contributed by atoms with Crippen molar-refractivity contribution < 1.29 is 18.7 Å². The molecule has 1 heterocycles. The van der Waals surface area contributed by atoms with Crippen molar-refractivity contribution in [2.45, 2.75) is 39.3 Å². The monoisotopic (exact) mass is 370 g/mol. The van der Waals surface area contributed by atoms with Crippen LogP contribution in [-0.2, 0) is 17.7 Å². The first-order valence-corrected chi connectivity index (χ1v) is 8.84. The van der Waals surface area contributed by atoms with Crippen molar-refractivity contribution in [1.29, 1.82) is 0 Å². The summed E-state index contributed by atoms with van der Waals surface area (Å²) in [6.07, 6.45) is 0.317. The van der Waals surface area contributed by atoms with Gasteiger partial charge in [-0.1, -0.05) is 30.3 Å². The lowest BCUT2D eigenvalue weighted by Gasteiger charge is -2.31. The fourth-order valence-corrected chi connectivity index (χ4v) is 3.15. The molecule has 27 heavy (non-hydrogen) atoms. The lowest BCUT2D eigenvalue weighted by molar-refractivity contribution is 0.0224.